The van der Waals surface area contributed by atoms with E-state index in [0.717, 1.165) is 55.4 Å². The van der Waals surface area contributed by atoms with Crippen molar-refractivity contribution in [1.82, 2.24) is 14.9 Å². The van der Waals surface area contributed by atoms with Gasteiger partial charge in [-0.2, -0.15) is 0 Å². The van der Waals surface area contributed by atoms with Gasteiger partial charge in [-0.3, -0.25) is 9.78 Å². The number of rotatable bonds is 10. The number of hydrogen-bond donors (Lipinski definition) is 1. The molecule has 2 aromatic heterocycles. The van der Waals surface area contributed by atoms with Gasteiger partial charge in [0.1, 0.15) is 5.75 Å². The van der Waals surface area contributed by atoms with Gasteiger partial charge in [-0.05, 0) is 74.7 Å². The van der Waals surface area contributed by atoms with Crippen molar-refractivity contribution in [3.63, 3.8) is 0 Å². The Morgan fingerprint density at radius 3 is 2.69 bits per heavy atom. The van der Waals surface area contributed by atoms with Crippen molar-refractivity contribution in [3.8, 4) is 5.75 Å². The van der Waals surface area contributed by atoms with Crippen LogP contribution in [0, 0.1) is 0 Å². The minimum absolute atomic E-state index is 0. The molecule has 0 aliphatic rings. The zero-order chi connectivity index (χ0) is 18.9. The van der Waals surface area contributed by atoms with Crippen molar-refractivity contribution >= 4 is 35.7 Å². The highest BCUT2D eigenvalue weighted by atomic mass is 35.5. The third-order valence-corrected chi connectivity index (χ3v) is 4.68. The summed E-state index contributed by atoms with van der Waals surface area (Å²) in [4.78, 5) is 15.8. The Hall–Kier alpha value is -2.08. The molecule has 0 spiro atoms. The summed E-state index contributed by atoms with van der Waals surface area (Å²) in [5, 5.41) is 4.50. The predicted octanol–water partition coefficient (Wildman–Crippen LogP) is 4.16. The van der Waals surface area contributed by atoms with Crippen LogP contribution < -0.4 is 15.6 Å². The molecule has 3 aromatic rings. The summed E-state index contributed by atoms with van der Waals surface area (Å²) in [7, 11) is 1.79. The Kier molecular flexibility index (Phi) is 11.4. The van der Waals surface area contributed by atoms with Crippen LogP contribution in [0.3, 0.4) is 0 Å². The Bertz CT molecular complexity index is 917. The lowest BCUT2D eigenvalue weighted by Crippen LogP contribution is -2.18. The van der Waals surface area contributed by atoms with Gasteiger partial charge in [0.15, 0.2) is 0 Å². The van der Waals surface area contributed by atoms with Gasteiger partial charge in [0, 0.05) is 30.9 Å². The largest absolute Gasteiger partial charge is 0.494 e. The van der Waals surface area contributed by atoms with Crippen molar-refractivity contribution in [2.24, 2.45) is 7.05 Å². The van der Waals surface area contributed by atoms with E-state index >= 15 is 0 Å². The molecule has 3 rings (SSSR count). The van der Waals surface area contributed by atoms with Gasteiger partial charge in [0.25, 0.3) is 5.56 Å². The predicted molar refractivity (Wildman–Crippen MR) is 124 cm³/mol. The normalized spacial score (nSPS) is 10.2. The monoisotopic (exact) mass is 437 g/mol. The quantitative estimate of drug-likeness (QED) is 0.483. The molecular weight excluding hydrogens is 409 g/mol. The maximum absolute atomic E-state index is 11.7. The van der Waals surface area contributed by atoms with Gasteiger partial charge < -0.3 is 14.6 Å². The first-order valence-electron chi connectivity index (χ1n) is 9.56. The zero-order valence-electron chi connectivity index (χ0n) is 16.7. The molecule has 0 amide bonds. The summed E-state index contributed by atoms with van der Waals surface area (Å²) in [6.07, 6.45) is 8.07. The smallest absolute Gasteiger partial charge is 0.250 e. The lowest BCUT2D eigenvalue weighted by molar-refractivity contribution is 0.305. The van der Waals surface area contributed by atoms with E-state index in [1.54, 1.807) is 23.9 Å². The summed E-state index contributed by atoms with van der Waals surface area (Å²) in [5.74, 6) is 0.857. The van der Waals surface area contributed by atoms with Crippen LogP contribution in [-0.4, -0.2) is 29.2 Å². The van der Waals surface area contributed by atoms with Crippen LogP contribution in [0.5, 0.6) is 5.75 Å². The van der Waals surface area contributed by atoms with Crippen molar-refractivity contribution in [2.45, 2.75) is 25.7 Å². The van der Waals surface area contributed by atoms with Gasteiger partial charge >= 0.3 is 0 Å². The topological polar surface area (TPSA) is 56.1 Å². The molecule has 0 bridgehead atoms. The summed E-state index contributed by atoms with van der Waals surface area (Å²) in [6.45, 7) is 2.74. The van der Waals surface area contributed by atoms with Gasteiger partial charge in [-0.1, -0.05) is 6.07 Å². The van der Waals surface area contributed by atoms with Crippen LogP contribution in [-0.2, 0) is 13.5 Å². The number of nitrogens with one attached hydrogen (secondary N) is 1. The van der Waals surface area contributed by atoms with Gasteiger partial charge in [0.05, 0.1) is 12.1 Å². The molecule has 0 aliphatic heterocycles. The number of pyridine rings is 2. The maximum atomic E-state index is 11.7. The van der Waals surface area contributed by atoms with Crippen molar-refractivity contribution in [1.29, 1.82) is 0 Å². The summed E-state index contributed by atoms with van der Waals surface area (Å²) >= 11 is 0. The third-order valence-electron chi connectivity index (χ3n) is 4.68. The number of aryl methyl sites for hydroxylation is 1. The number of hydrogen-bond acceptors (Lipinski definition) is 4. The number of fused-ring (bicyclic) bond motifs is 1. The maximum Gasteiger partial charge on any atom is 0.250 e. The van der Waals surface area contributed by atoms with E-state index in [1.165, 1.54) is 5.56 Å². The van der Waals surface area contributed by atoms with Gasteiger partial charge in [-0.25, -0.2) is 0 Å². The molecule has 0 unspecified atom stereocenters. The number of aromatic nitrogens is 2. The molecule has 0 saturated carbocycles. The molecule has 1 N–H and O–H groups in total. The highest BCUT2D eigenvalue weighted by Crippen LogP contribution is 2.19. The van der Waals surface area contributed by atoms with E-state index in [2.05, 4.69) is 16.4 Å². The lowest BCUT2D eigenvalue weighted by atomic mass is 10.2. The van der Waals surface area contributed by atoms with Crippen molar-refractivity contribution in [3.05, 3.63) is 70.8 Å². The number of unbranched alkanes of at least 4 members (excludes halogenated alkanes) is 2. The molecule has 0 radical (unpaired) electrons. The first kappa shape index (κ1) is 25.0. The Morgan fingerprint density at radius 1 is 1.03 bits per heavy atom. The summed E-state index contributed by atoms with van der Waals surface area (Å²) in [6, 6.07) is 13.4. The Morgan fingerprint density at radius 2 is 1.90 bits per heavy atom. The zero-order valence-corrected chi connectivity index (χ0v) is 18.3. The van der Waals surface area contributed by atoms with Crippen LogP contribution >= 0.6 is 24.8 Å². The Labute approximate surface area is 184 Å². The van der Waals surface area contributed by atoms with E-state index in [1.807, 2.05) is 36.5 Å². The SMILES string of the molecule is Cl.Cl.Cn1c(=O)ccc2cc(OCCCCCNCCc3cccnc3)ccc21. The van der Waals surface area contributed by atoms with Crippen LogP contribution in [0.2, 0.25) is 0 Å². The fraction of sp³-hybridized carbons (Fsp3) is 0.364. The number of nitrogens with zero attached hydrogens (tertiary/aromatic N) is 2. The van der Waals surface area contributed by atoms with Crippen molar-refractivity contribution < 1.29 is 4.74 Å². The molecule has 0 atom stereocenters. The second kappa shape index (κ2) is 13.2. The summed E-state index contributed by atoms with van der Waals surface area (Å²) in [5.41, 5.74) is 2.20. The highest BCUT2D eigenvalue weighted by Gasteiger charge is 2.01. The van der Waals surface area contributed by atoms with Crippen LogP contribution in [0.1, 0.15) is 24.8 Å². The van der Waals surface area contributed by atoms with Crippen molar-refractivity contribution in [2.75, 3.05) is 19.7 Å². The van der Waals surface area contributed by atoms with Crippen LogP contribution in [0.25, 0.3) is 10.9 Å². The van der Waals surface area contributed by atoms with E-state index in [4.69, 9.17) is 4.74 Å². The minimum atomic E-state index is 0. The van der Waals surface area contributed by atoms with E-state index in [9.17, 15) is 4.79 Å². The van der Waals surface area contributed by atoms with Gasteiger partial charge in [-0.15, -0.1) is 24.8 Å². The average Bonchev–Trinajstić information content (AvgIpc) is 2.70. The van der Waals surface area contributed by atoms with Gasteiger partial charge in [0.2, 0.25) is 0 Å². The molecule has 0 aliphatic carbocycles. The molecule has 158 valence electrons. The fourth-order valence-electron chi connectivity index (χ4n) is 3.08. The van der Waals surface area contributed by atoms with Crippen LogP contribution in [0.15, 0.2) is 59.7 Å². The van der Waals surface area contributed by atoms with E-state index in [0.29, 0.717) is 6.61 Å². The molecule has 5 nitrogen and oxygen atoms in total. The lowest BCUT2D eigenvalue weighted by Gasteiger charge is -2.09. The number of halogens is 2. The van der Waals surface area contributed by atoms with E-state index < -0.39 is 0 Å². The highest BCUT2D eigenvalue weighted by molar-refractivity contribution is 5.85. The second-order valence-electron chi connectivity index (χ2n) is 6.72. The average molecular weight is 438 g/mol. The molecule has 0 saturated heterocycles. The standard InChI is InChI=1S/C22H27N3O2.2ClH/c1-25-21-9-8-20(16-19(21)7-10-22(25)26)27-15-4-2-3-12-23-14-11-18-6-5-13-24-17-18;;/h5-10,13,16-17,23H,2-4,11-12,14-15H2,1H3;2*1H. The molecule has 0 fully saturated rings. The summed E-state index contributed by atoms with van der Waals surface area (Å²) < 4.78 is 7.51. The second-order valence-corrected chi connectivity index (χ2v) is 6.72. The third kappa shape index (κ3) is 7.69. The molecular formula is C22H29Cl2N3O2. The number of benzene rings is 1. The first-order valence-corrected chi connectivity index (χ1v) is 9.56. The minimum Gasteiger partial charge on any atom is -0.494 e. The molecule has 29 heavy (non-hydrogen) atoms. The fourth-order valence-corrected chi connectivity index (χ4v) is 3.08. The molecule has 2 heterocycles. The first-order chi connectivity index (χ1) is 13.2. The molecule has 1 aromatic carbocycles. The molecule has 7 heteroatoms. The number of ether oxygens (including phenoxy) is 1. The van der Waals surface area contributed by atoms with E-state index in [-0.39, 0.29) is 30.4 Å². The van der Waals surface area contributed by atoms with Crippen LogP contribution in [0.4, 0.5) is 0 Å². The Balaban J connectivity index is 0.00000210.